The summed E-state index contributed by atoms with van der Waals surface area (Å²) in [6, 6.07) is 7.99. The molecule has 22 aliphatic rings. The maximum absolute atomic E-state index is 4.07. The molecule has 3 aliphatic heterocycles. The Hall–Kier alpha value is -0.0551. The minimum atomic E-state index is 0.437. The van der Waals surface area contributed by atoms with E-state index in [9.17, 15) is 0 Å². The molecule has 3 saturated heterocycles. The van der Waals surface area contributed by atoms with Crippen LogP contribution in [0.2, 0.25) is 17.5 Å². The molecule has 0 aromatic heterocycles. The molecule has 3 nitrogen and oxygen atoms in total. The van der Waals surface area contributed by atoms with Gasteiger partial charge in [-0.3, -0.25) is 14.7 Å². The maximum Gasteiger partial charge on any atom is 0.156 e. The number of piperidine rings is 2. The largest absolute Gasteiger partial charge is 0.295 e. The van der Waals surface area contributed by atoms with Crippen molar-refractivity contribution in [3.63, 3.8) is 0 Å². The summed E-state index contributed by atoms with van der Waals surface area (Å²) in [6.07, 6.45) is 91.2. The van der Waals surface area contributed by atoms with Gasteiger partial charge >= 0.3 is 0 Å². The van der Waals surface area contributed by atoms with Gasteiger partial charge in [0, 0.05) is 59.8 Å². The molecule has 0 aromatic rings. The van der Waals surface area contributed by atoms with Crippen LogP contribution in [0.15, 0.2) is 0 Å². The standard InChI is InChI=1S/C104H170BN3/c1-102(2,3)78-48-73-42-43-74-49-79(103(4,5)6)59-88-83(55-77(50-78)97(73)98(74)88)72-45-47-92-90(57-72)105-89-56-71(64-28-14-7-15-29-64)44-46-91(89)107(100-84(67-34-20-10-21-35-67)51-75(65-30-16-8-17-31-65)52-85(100)68-36-22-11-23-37-68)93-62-82(106-95-60-80-58-81-61-96(106)104(80,81)95)63-94(99(93)105)108(92)101-86(69-38-24-12-25-39-69)53-76(66-32-18-9-19-33-66)54-87(101)70-40-26-13-27-41-70/h64-101H,7-63H2,1-6H3. The lowest BCUT2D eigenvalue weighted by Crippen LogP contribution is -2.94. The van der Waals surface area contributed by atoms with Crippen molar-refractivity contribution >= 4 is 6.71 Å². The zero-order valence-corrected chi connectivity index (χ0v) is 71.7. The molecule has 0 radical (unpaired) electrons. The van der Waals surface area contributed by atoms with Crippen molar-refractivity contribution in [3.8, 4) is 0 Å². The second-order valence-corrected chi connectivity index (χ2v) is 50.0. The first-order valence-corrected chi connectivity index (χ1v) is 52.1. The number of rotatable bonds is 11. The summed E-state index contributed by atoms with van der Waals surface area (Å²) in [5, 5.41) is 0. The Balaban J connectivity index is 0.734. The van der Waals surface area contributed by atoms with Gasteiger partial charge in [-0.25, -0.2) is 0 Å². The minimum Gasteiger partial charge on any atom is -0.295 e. The molecule has 19 saturated carbocycles. The first-order chi connectivity index (χ1) is 52.8. The summed E-state index contributed by atoms with van der Waals surface area (Å²) in [5.41, 5.74) is 1.70. The highest BCUT2D eigenvalue weighted by molar-refractivity contribution is 6.65. The molecule has 0 amide bonds. The molecular weight excluding hydrogens is 1300 g/mol. The zero-order chi connectivity index (χ0) is 72.1. The predicted molar refractivity (Wildman–Crippen MR) is 452 cm³/mol. The third-order valence-electron chi connectivity index (χ3n) is 44.7. The lowest BCUT2D eigenvalue weighted by Gasteiger charge is -2.90. The van der Waals surface area contributed by atoms with Crippen molar-refractivity contribution in [1.82, 2.24) is 14.7 Å². The van der Waals surface area contributed by atoms with Gasteiger partial charge in [-0.2, -0.15) is 0 Å². The van der Waals surface area contributed by atoms with Gasteiger partial charge < -0.3 is 0 Å². The van der Waals surface area contributed by atoms with Crippen LogP contribution in [0.1, 0.15) is 408 Å². The molecule has 27 unspecified atom stereocenters. The lowest BCUT2D eigenvalue weighted by atomic mass is 9.17. The normalized spacial score (nSPS) is 51.8. The van der Waals surface area contributed by atoms with Gasteiger partial charge in [-0.15, -0.1) is 0 Å². The fraction of sp³-hybridized carbons (Fsp3) is 1.00. The van der Waals surface area contributed by atoms with Gasteiger partial charge in [0.1, 0.15) is 0 Å². The third-order valence-corrected chi connectivity index (χ3v) is 44.7. The third kappa shape index (κ3) is 12.4. The summed E-state index contributed by atoms with van der Waals surface area (Å²) < 4.78 is 0. The van der Waals surface area contributed by atoms with E-state index in [1.54, 1.807) is 366 Å². The van der Waals surface area contributed by atoms with Gasteiger partial charge in [-0.1, -0.05) is 279 Å². The molecule has 604 valence electrons. The van der Waals surface area contributed by atoms with Crippen molar-refractivity contribution in [2.75, 3.05) is 0 Å². The van der Waals surface area contributed by atoms with Crippen molar-refractivity contribution in [1.29, 1.82) is 0 Å². The molecule has 3 heterocycles. The second-order valence-electron chi connectivity index (χ2n) is 50.0. The Morgan fingerprint density at radius 1 is 0.241 bits per heavy atom. The molecule has 0 aromatic carbocycles. The summed E-state index contributed by atoms with van der Waals surface area (Å²) in [4.78, 5) is 11.7. The molecule has 22 fully saturated rings. The number of hydrogen-bond donors (Lipinski definition) is 0. The van der Waals surface area contributed by atoms with E-state index in [1.807, 2.05) is 0 Å². The van der Waals surface area contributed by atoms with Crippen LogP contribution < -0.4 is 0 Å². The van der Waals surface area contributed by atoms with Crippen LogP contribution in [-0.2, 0) is 0 Å². The Bertz CT molecular complexity index is 2950. The van der Waals surface area contributed by atoms with Crippen LogP contribution in [0.25, 0.3) is 0 Å². The van der Waals surface area contributed by atoms with E-state index in [2.05, 4.69) is 56.2 Å². The molecule has 0 N–H and O–H groups in total. The van der Waals surface area contributed by atoms with Crippen molar-refractivity contribution < 1.29 is 0 Å². The minimum absolute atomic E-state index is 0.437. The van der Waals surface area contributed by atoms with Crippen molar-refractivity contribution in [2.24, 2.45) is 170 Å². The topological polar surface area (TPSA) is 9.72 Å². The van der Waals surface area contributed by atoms with Crippen molar-refractivity contribution in [3.05, 3.63) is 0 Å². The summed E-state index contributed by atoms with van der Waals surface area (Å²) in [5.74, 6) is 29.3. The number of nitrogens with zero attached hydrogens (tertiary/aromatic N) is 3. The predicted octanol–water partition coefficient (Wildman–Crippen LogP) is 27.4. The Labute approximate surface area is 666 Å². The van der Waals surface area contributed by atoms with E-state index in [0.717, 1.165) is 238 Å². The summed E-state index contributed by atoms with van der Waals surface area (Å²) >= 11 is 0. The zero-order valence-electron chi connectivity index (χ0n) is 71.7. The van der Waals surface area contributed by atoms with Crippen LogP contribution in [-0.4, -0.2) is 75.8 Å². The van der Waals surface area contributed by atoms with Gasteiger partial charge in [0.15, 0.2) is 6.71 Å². The first-order valence-electron chi connectivity index (χ1n) is 52.1. The van der Waals surface area contributed by atoms with Crippen LogP contribution in [0.5, 0.6) is 0 Å². The van der Waals surface area contributed by atoms with Crippen molar-refractivity contribution in [2.45, 2.75) is 479 Å². The lowest BCUT2D eigenvalue weighted by molar-refractivity contribution is -0.408. The first kappa shape index (κ1) is 74.3. The highest BCUT2D eigenvalue weighted by Gasteiger charge is 2.85. The quantitative estimate of drug-likeness (QED) is 0.191. The average molecular weight is 1470 g/mol. The molecule has 4 heteroatoms. The maximum atomic E-state index is 4.07. The van der Waals surface area contributed by atoms with E-state index in [-0.39, 0.29) is 0 Å². The molecule has 0 bridgehead atoms. The van der Waals surface area contributed by atoms with Crippen LogP contribution in [0.4, 0.5) is 0 Å². The van der Waals surface area contributed by atoms with E-state index in [4.69, 9.17) is 0 Å². The Morgan fingerprint density at radius 2 is 0.593 bits per heavy atom. The SMILES string of the molecule is CC(C)(C)C1CC2CCC3CC(C(C)(C)C)CC4C(C5CCC6C(C5)B5C7CC(C8CCCCC8)CCC7N(C7C(C8CCCCC8)CC(C8CCCCC8)CC7C7CCCCC7)C7CC(N8C9CC%10CC%11CC8C%10%119)CC(C57)N6C5C(C6CCCCC6)CC(C6CCCCC6)CC5C5CCCCC5)CC(C1)C2C34. The van der Waals surface area contributed by atoms with E-state index in [1.165, 1.54) is 0 Å². The molecule has 108 heavy (non-hydrogen) atoms. The van der Waals surface area contributed by atoms with Gasteiger partial charge in [0.05, 0.1) is 0 Å². The number of likely N-dealkylation sites (tertiary alicyclic amines) is 1. The smallest absolute Gasteiger partial charge is 0.156 e. The molecule has 27 atom stereocenters. The van der Waals surface area contributed by atoms with Gasteiger partial charge in [-0.05, 0) is 311 Å². The highest BCUT2D eigenvalue weighted by Crippen LogP contribution is 2.84. The van der Waals surface area contributed by atoms with E-state index < -0.39 is 0 Å². The summed E-state index contributed by atoms with van der Waals surface area (Å²) in [6.45, 7) is 17.4. The Kier molecular flexibility index (Phi) is 20.4. The molecule has 22 rings (SSSR count). The highest BCUT2D eigenvalue weighted by atomic mass is 15.4. The molecule has 1 spiro atoms. The van der Waals surface area contributed by atoms with E-state index in [0.29, 0.717) is 10.8 Å². The monoisotopic (exact) mass is 1470 g/mol. The summed E-state index contributed by atoms with van der Waals surface area (Å²) in [7, 11) is 0. The molecular formula is C104H170BN3. The van der Waals surface area contributed by atoms with Gasteiger partial charge in [0.25, 0.3) is 0 Å². The van der Waals surface area contributed by atoms with E-state index >= 15 is 0 Å². The fourth-order valence-corrected chi connectivity index (χ4v) is 40.4. The second kappa shape index (κ2) is 29.7. The van der Waals surface area contributed by atoms with Crippen LogP contribution in [0.3, 0.4) is 0 Å². The molecule has 19 aliphatic carbocycles. The van der Waals surface area contributed by atoms with Crippen LogP contribution >= 0.6 is 0 Å². The number of fused-ring (bicyclic) bond motifs is 4. The fourth-order valence-electron chi connectivity index (χ4n) is 40.4. The van der Waals surface area contributed by atoms with Crippen LogP contribution in [0, 0.1) is 170 Å². The van der Waals surface area contributed by atoms with Gasteiger partial charge in [0.2, 0.25) is 0 Å². The Morgan fingerprint density at radius 3 is 1.01 bits per heavy atom. The number of hydrogen-bond acceptors (Lipinski definition) is 3. The average Bonchev–Trinajstić information content (AvgIpc) is 0.618.